The third kappa shape index (κ3) is 2.42. The Morgan fingerprint density at radius 1 is 1.58 bits per heavy atom. The summed E-state index contributed by atoms with van der Waals surface area (Å²) in [5.74, 6) is -0.245. The van der Waals surface area contributed by atoms with Crippen LogP contribution in [0.5, 0.6) is 0 Å². The van der Waals surface area contributed by atoms with Crippen molar-refractivity contribution in [3.8, 4) is 0 Å². The summed E-state index contributed by atoms with van der Waals surface area (Å²) < 4.78 is 0. The van der Waals surface area contributed by atoms with Crippen LogP contribution in [0.2, 0.25) is 0 Å². The fourth-order valence-corrected chi connectivity index (χ4v) is 1.15. The van der Waals surface area contributed by atoms with Crippen LogP contribution in [0.25, 0.3) is 0 Å². The van der Waals surface area contributed by atoms with Crippen molar-refractivity contribution in [3.05, 3.63) is 24.4 Å². The number of nitrogens with zero attached hydrogens (tertiary/aromatic N) is 1. The Kier molecular flexibility index (Phi) is 2.91. The second-order valence-corrected chi connectivity index (χ2v) is 2.92. The van der Waals surface area contributed by atoms with Crippen LogP contribution in [0.15, 0.2) is 24.4 Å². The van der Waals surface area contributed by atoms with Crippen LogP contribution in [0.4, 0.5) is 0 Å². The molecule has 0 aromatic rings. The minimum atomic E-state index is -0.245. The third-order valence-electron chi connectivity index (χ3n) is 1.92. The molecule has 2 N–H and O–H groups in total. The first-order valence-electron chi connectivity index (χ1n) is 4.09. The molecule has 1 unspecified atom stereocenters. The van der Waals surface area contributed by atoms with Gasteiger partial charge >= 0.3 is 0 Å². The quantitative estimate of drug-likeness (QED) is 0.668. The van der Waals surface area contributed by atoms with Crippen molar-refractivity contribution < 1.29 is 4.79 Å². The minimum Gasteiger partial charge on any atom is -0.371 e. The first kappa shape index (κ1) is 8.84. The highest BCUT2D eigenvalue weighted by Gasteiger charge is 2.08. The Balaban J connectivity index is 2.37. The van der Waals surface area contributed by atoms with E-state index in [-0.39, 0.29) is 5.91 Å². The van der Waals surface area contributed by atoms with Gasteiger partial charge in [0, 0.05) is 19.0 Å². The maximum Gasteiger partial charge on any atom is 0.219 e. The summed E-state index contributed by atoms with van der Waals surface area (Å²) in [5, 5.41) is 0. The lowest BCUT2D eigenvalue weighted by molar-refractivity contribution is -0.118. The Morgan fingerprint density at radius 2 is 2.33 bits per heavy atom. The average Bonchev–Trinajstić information content (AvgIpc) is 2.03. The van der Waals surface area contributed by atoms with Crippen molar-refractivity contribution >= 4 is 5.91 Å². The zero-order chi connectivity index (χ0) is 8.97. The SMILES string of the molecule is CC1C=CC=CN1CCC(N)=O. The maximum atomic E-state index is 10.5. The van der Waals surface area contributed by atoms with Gasteiger partial charge in [-0.15, -0.1) is 0 Å². The van der Waals surface area contributed by atoms with Crippen molar-refractivity contribution in [2.45, 2.75) is 19.4 Å². The molecule has 1 heterocycles. The Hall–Kier alpha value is -1.25. The van der Waals surface area contributed by atoms with Crippen molar-refractivity contribution in [1.82, 2.24) is 4.90 Å². The van der Waals surface area contributed by atoms with E-state index in [1.165, 1.54) is 0 Å². The molecule has 0 saturated heterocycles. The maximum absolute atomic E-state index is 10.5. The van der Waals surface area contributed by atoms with E-state index in [1.54, 1.807) is 0 Å². The molecule has 1 aliphatic rings. The molecule has 3 nitrogen and oxygen atoms in total. The largest absolute Gasteiger partial charge is 0.371 e. The third-order valence-corrected chi connectivity index (χ3v) is 1.92. The molecular formula is C9H14N2O. The number of hydrogen-bond acceptors (Lipinski definition) is 2. The Bertz CT molecular complexity index is 221. The summed E-state index contributed by atoms with van der Waals surface area (Å²) in [7, 11) is 0. The number of primary amides is 1. The van der Waals surface area contributed by atoms with E-state index in [0.717, 1.165) is 0 Å². The van der Waals surface area contributed by atoms with Gasteiger partial charge in [0.15, 0.2) is 0 Å². The second kappa shape index (κ2) is 3.95. The molecule has 1 aliphatic heterocycles. The molecule has 0 saturated carbocycles. The van der Waals surface area contributed by atoms with Gasteiger partial charge in [0.25, 0.3) is 0 Å². The predicted octanol–water partition coefficient (Wildman–Crippen LogP) is 0.636. The normalized spacial score (nSPS) is 21.4. The van der Waals surface area contributed by atoms with Crippen molar-refractivity contribution in [2.75, 3.05) is 6.54 Å². The molecule has 12 heavy (non-hydrogen) atoms. The number of allylic oxidation sites excluding steroid dienone is 2. The standard InChI is InChI=1S/C9H14N2O/c1-8-4-2-3-6-11(8)7-5-9(10)12/h2-4,6,8H,5,7H2,1H3,(H2,10,12). The molecule has 0 aromatic heterocycles. The summed E-state index contributed by atoms with van der Waals surface area (Å²) in [6.45, 7) is 2.79. The molecule has 3 heteroatoms. The van der Waals surface area contributed by atoms with E-state index in [0.29, 0.717) is 19.0 Å². The lowest BCUT2D eigenvalue weighted by Crippen LogP contribution is -2.31. The van der Waals surface area contributed by atoms with Gasteiger partial charge in [0.05, 0.1) is 0 Å². The van der Waals surface area contributed by atoms with Crippen molar-refractivity contribution in [3.63, 3.8) is 0 Å². The van der Waals surface area contributed by atoms with Crippen LogP contribution in [0.1, 0.15) is 13.3 Å². The molecule has 0 fully saturated rings. The lowest BCUT2D eigenvalue weighted by Gasteiger charge is -2.26. The number of amides is 1. The summed E-state index contributed by atoms with van der Waals surface area (Å²) in [4.78, 5) is 12.6. The van der Waals surface area contributed by atoms with Gasteiger partial charge in [-0.1, -0.05) is 12.2 Å². The zero-order valence-electron chi connectivity index (χ0n) is 7.23. The van der Waals surface area contributed by atoms with E-state index in [2.05, 4.69) is 17.9 Å². The van der Waals surface area contributed by atoms with E-state index in [4.69, 9.17) is 5.73 Å². The van der Waals surface area contributed by atoms with E-state index >= 15 is 0 Å². The molecule has 0 radical (unpaired) electrons. The minimum absolute atomic E-state index is 0.245. The molecule has 0 aliphatic carbocycles. The van der Waals surface area contributed by atoms with Gasteiger partial charge in [0.2, 0.25) is 5.91 Å². The van der Waals surface area contributed by atoms with Crippen molar-refractivity contribution in [1.29, 1.82) is 0 Å². The smallest absolute Gasteiger partial charge is 0.219 e. The van der Waals surface area contributed by atoms with Gasteiger partial charge in [-0.2, -0.15) is 0 Å². The van der Waals surface area contributed by atoms with Crippen LogP contribution in [0.3, 0.4) is 0 Å². The fourth-order valence-electron chi connectivity index (χ4n) is 1.15. The number of hydrogen-bond donors (Lipinski definition) is 1. The molecule has 0 aromatic carbocycles. The Morgan fingerprint density at radius 3 is 2.92 bits per heavy atom. The van der Waals surface area contributed by atoms with Gasteiger partial charge in [-0.25, -0.2) is 0 Å². The molecule has 0 spiro atoms. The number of rotatable bonds is 3. The van der Waals surface area contributed by atoms with Gasteiger partial charge in [-0.3, -0.25) is 4.79 Å². The summed E-state index contributed by atoms with van der Waals surface area (Å²) >= 11 is 0. The fraction of sp³-hybridized carbons (Fsp3) is 0.444. The first-order valence-corrected chi connectivity index (χ1v) is 4.09. The van der Waals surface area contributed by atoms with Crippen LogP contribution in [0, 0.1) is 0 Å². The highest BCUT2D eigenvalue weighted by atomic mass is 16.1. The van der Waals surface area contributed by atoms with E-state index in [1.807, 2.05) is 18.4 Å². The predicted molar refractivity (Wildman–Crippen MR) is 48.3 cm³/mol. The molecule has 66 valence electrons. The van der Waals surface area contributed by atoms with Crippen LogP contribution in [-0.4, -0.2) is 23.4 Å². The number of carbonyl (C=O) groups excluding carboxylic acids is 1. The van der Waals surface area contributed by atoms with E-state index < -0.39 is 0 Å². The lowest BCUT2D eigenvalue weighted by atomic mass is 10.2. The number of nitrogens with two attached hydrogens (primary N) is 1. The van der Waals surface area contributed by atoms with Crippen LogP contribution >= 0.6 is 0 Å². The van der Waals surface area contributed by atoms with Crippen LogP contribution in [-0.2, 0) is 4.79 Å². The molecule has 0 bridgehead atoms. The molecule has 1 rings (SSSR count). The monoisotopic (exact) mass is 166 g/mol. The van der Waals surface area contributed by atoms with Gasteiger partial charge in [-0.05, 0) is 19.2 Å². The summed E-state index contributed by atoms with van der Waals surface area (Å²) in [6, 6.07) is 0.370. The summed E-state index contributed by atoms with van der Waals surface area (Å²) in [5.41, 5.74) is 5.05. The average molecular weight is 166 g/mol. The topological polar surface area (TPSA) is 46.3 Å². The zero-order valence-corrected chi connectivity index (χ0v) is 7.23. The van der Waals surface area contributed by atoms with E-state index in [9.17, 15) is 4.79 Å². The second-order valence-electron chi connectivity index (χ2n) is 2.92. The number of carbonyl (C=O) groups is 1. The Labute approximate surface area is 72.5 Å². The highest BCUT2D eigenvalue weighted by molar-refractivity contribution is 5.73. The van der Waals surface area contributed by atoms with Gasteiger partial charge < -0.3 is 10.6 Å². The van der Waals surface area contributed by atoms with Crippen molar-refractivity contribution in [2.24, 2.45) is 5.73 Å². The summed E-state index contributed by atoms with van der Waals surface area (Å²) in [6.07, 6.45) is 8.45. The molecule has 1 atom stereocenters. The molecule has 1 amide bonds. The van der Waals surface area contributed by atoms with Crippen LogP contribution < -0.4 is 5.73 Å². The van der Waals surface area contributed by atoms with Gasteiger partial charge in [0.1, 0.15) is 0 Å². The highest BCUT2D eigenvalue weighted by Crippen LogP contribution is 2.07. The molecular weight excluding hydrogens is 152 g/mol. The first-order chi connectivity index (χ1) is 5.70.